The van der Waals surface area contributed by atoms with Crippen LogP contribution in [0.1, 0.15) is 32.3 Å². The molecular weight excluding hydrogens is 354 g/mol. The van der Waals surface area contributed by atoms with Gasteiger partial charge < -0.3 is 14.4 Å². The number of nitrogens with one attached hydrogen (secondary N) is 1. The van der Waals surface area contributed by atoms with E-state index >= 15 is 0 Å². The molecule has 3 rings (SSSR count). The van der Waals surface area contributed by atoms with Crippen LogP contribution in [-0.2, 0) is 4.79 Å². The average Bonchev–Trinajstić information content (AvgIpc) is 2.73. The summed E-state index contributed by atoms with van der Waals surface area (Å²) in [7, 11) is 0. The third-order valence-electron chi connectivity index (χ3n) is 4.43. The highest BCUT2D eigenvalue weighted by molar-refractivity contribution is 5.85. The minimum Gasteiger partial charge on any atom is -0.485 e. The molecule has 0 radical (unpaired) electrons. The molecule has 0 unspecified atom stereocenters. The van der Waals surface area contributed by atoms with E-state index in [4.69, 9.17) is 9.47 Å². The maximum absolute atomic E-state index is 12.2. The monoisotopic (exact) mass is 381 g/mol. The Kier molecular flexibility index (Phi) is 6.89. The molecule has 1 atom stereocenters. The Morgan fingerprint density at radius 2 is 1.79 bits per heavy atom. The number of benzene rings is 2. The lowest BCUT2D eigenvalue weighted by Crippen LogP contribution is -2.42. The van der Waals surface area contributed by atoms with E-state index in [0.29, 0.717) is 11.5 Å². The lowest BCUT2D eigenvalue weighted by atomic mass is 10.2. The van der Waals surface area contributed by atoms with Gasteiger partial charge in [0.15, 0.2) is 11.5 Å². The van der Waals surface area contributed by atoms with Gasteiger partial charge in [0.25, 0.3) is 5.91 Å². The number of para-hydroxylation sites is 2. The Hall–Kier alpha value is -3.02. The van der Waals surface area contributed by atoms with Crippen molar-refractivity contribution in [3.8, 4) is 11.5 Å². The smallest absolute Gasteiger partial charge is 0.284 e. The maximum Gasteiger partial charge on any atom is 0.284 e. The fourth-order valence-corrected chi connectivity index (χ4v) is 3.07. The summed E-state index contributed by atoms with van der Waals surface area (Å²) >= 11 is 0. The first-order valence-electron chi connectivity index (χ1n) is 9.77. The predicted molar refractivity (Wildman–Crippen MR) is 111 cm³/mol. The molecule has 6 nitrogen and oxygen atoms in total. The van der Waals surface area contributed by atoms with E-state index in [1.807, 2.05) is 30.3 Å². The molecule has 0 saturated heterocycles. The van der Waals surface area contributed by atoms with Gasteiger partial charge in [-0.05, 0) is 42.7 Å². The number of hydrogen-bond donors (Lipinski definition) is 1. The number of nitrogens with zero attached hydrogens (tertiary/aromatic N) is 2. The van der Waals surface area contributed by atoms with E-state index in [2.05, 4.69) is 41.4 Å². The molecule has 1 aliphatic rings. The second kappa shape index (κ2) is 9.78. The second-order valence-electron chi connectivity index (χ2n) is 6.68. The van der Waals surface area contributed by atoms with E-state index in [1.54, 1.807) is 12.3 Å². The molecule has 2 aromatic rings. The highest BCUT2D eigenvalue weighted by Gasteiger charge is 2.26. The normalized spacial score (nSPS) is 15.4. The van der Waals surface area contributed by atoms with Crippen molar-refractivity contribution in [3.63, 3.8) is 0 Å². The van der Waals surface area contributed by atoms with Crippen molar-refractivity contribution < 1.29 is 14.3 Å². The Morgan fingerprint density at radius 3 is 2.46 bits per heavy atom. The van der Waals surface area contributed by atoms with Gasteiger partial charge in [-0.2, -0.15) is 5.10 Å². The van der Waals surface area contributed by atoms with Crippen LogP contribution < -0.4 is 19.8 Å². The summed E-state index contributed by atoms with van der Waals surface area (Å²) in [6.45, 7) is 6.63. The molecule has 1 aliphatic heterocycles. The number of ether oxygens (including phenoxy) is 2. The summed E-state index contributed by atoms with van der Waals surface area (Å²) < 4.78 is 11.2. The zero-order valence-electron chi connectivity index (χ0n) is 16.4. The van der Waals surface area contributed by atoms with Crippen LogP contribution in [-0.4, -0.2) is 37.9 Å². The van der Waals surface area contributed by atoms with Crippen LogP contribution in [0, 0.1) is 0 Å². The van der Waals surface area contributed by atoms with Gasteiger partial charge in [0.1, 0.15) is 6.61 Å². The lowest BCUT2D eigenvalue weighted by Gasteiger charge is -2.24. The Labute approximate surface area is 166 Å². The minimum atomic E-state index is -0.717. The first-order chi connectivity index (χ1) is 13.7. The van der Waals surface area contributed by atoms with Crippen molar-refractivity contribution in [1.82, 2.24) is 5.43 Å². The van der Waals surface area contributed by atoms with Gasteiger partial charge in [-0.25, -0.2) is 5.43 Å². The molecule has 0 aliphatic carbocycles. The highest BCUT2D eigenvalue weighted by Crippen LogP contribution is 2.30. The van der Waals surface area contributed by atoms with E-state index in [9.17, 15) is 4.79 Å². The van der Waals surface area contributed by atoms with Gasteiger partial charge in [-0.1, -0.05) is 38.1 Å². The van der Waals surface area contributed by atoms with Crippen molar-refractivity contribution >= 4 is 17.8 Å². The Morgan fingerprint density at radius 1 is 1.11 bits per heavy atom. The molecule has 6 heteroatoms. The molecule has 2 aromatic carbocycles. The zero-order valence-corrected chi connectivity index (χ0v) is 16.4. The summed E-state index contributed by atoms with van der Waals surface area (Å²) in [6.07, 6.45) is 3.15. The van der Waals surface area contributed by atoms with Crippen LogP contribution >= 0.6 is 0 Å². The topological polar surface area (TPSA) is 63.2 Å². The molecule has 1 heterocycles. The lowest BCUT2D eigenvalue weighted by molar-refractivity contribution is -0.130. The number of amides is 1. The van der Waals surface area contributed by atoms with Crippen molar-refractivity contribution in [1.29, 1.82) is 0 Å². The summed E-state index contributed by atoms with van der Waals surface area (Å²) in [5.74, 6) is 0.881. The largest absolute Gasteiger partial charge is 0.485 e. The fourth-order valence-electron chi connectivity index (χ4n) is 3.07. The molecule has 1 N–H and O–H groups in total. The van der Waals surface area contributed by atoms with E-state index in [1.165, 1.54) is 5.69 Å². The third kappa shape index (κ3) is 5.03. The van der Waals surface area contributed by atoms with E-state index in [-0.39, 0.29) is 12.5 Å². The molecular formula is C22H27N3O3. The van der Waals surface area contributed by atoms with Gasteiger partial charge in [0.2, 0.25) is 6.10 Å². The van der Waals surface area contributed by atoms with Crippen LogP contribution in [0.3, 0.4) is 0 Å². The minimum absolute atomic E-state index is 0.164. The van der Waals surface area contributed by atoms with Crippen LogP contribution in [0.5, 0.6) is 11.5 Å². The van der Waals surface area contributed by atoms with Gasteiger partial charge in [0.05, 0.1) is 6.21 Å². The number of rotatable bonds is 8. The number of hydrogen-bond acceptors (Lipinski definition) is 5. The average molecular weight is 381 g/mol. The van der Waals surface area contributed by atoms with Crippen molar-refractivity contribution in [2.45, 2.75) is 32.8 Å². The predicted octanol–water partition coefficient (Wildman–Crippen LogP) is 3.60. The second-order valence-corrected chi connectivity index (χ2v) is 6.68. The molecule has 0 bridgehead atoms. The van der Waals surface area contributed by atoms with Crippen LogP contribution in [0.2, 0.25) is 0 Å². The molecule has 0 saturated carbocycles. The first-order valence-corrected chi connectivity index (χ1v) is 9.77. The maximum atomic E-state index is 12.2. The number of hydrazone groups is 1. The summed E-state index contributed by atoms with van der Waals surface area (Å²) in [6, 6.07) is 15.5. The van der Waals surface area contributed by atoms with Gasteiger partial charge in [-0.3, -0.25) is 4.79 Å². The quantitative estimate of drug-likeness (QED) is 0.561. The highest BCUT2D eigenvalue weighted by atomic mass is 16.6. The fraction of sp³-hybridized carbons (Fsp3) is 0.364. The van der Waals surface area contributed by atoms with Gasteiger partial charge >= 0.3 is 0 Å². The molecule has 0 spiro atoms. The standard InChI is InChI=1S/C22H27N3O3/c1-3-13-25(14-4-2)18-11-9-17(10-12-18)15-23-24-22(26)21-16-27-19-7-5-6-8-20(19)28-21/h5-12,15,21H,3-4,13-14,16H2,1-2H3,(H,24,26)/b23-15-/t21-/m1/s1. The van der Waals surface area contributed by atoms with Crippen LogP contribution in [0.4, 0.5) is 5.69 Å². The third-order valence-corrected chi connectivity index (χ3v) is 4.43. The number of carbonyl (C=O) groups is 1. The van der Waals surface area contributed by atoms with Crippen LogP contribution in [0.15, 0.2) is 53.6 Å². The van der Waals surface area contributed by atoms with Crippen LogP contribution in [0.25, 0.3) is 0 Å². The SMILES string of the molecule is CCCN(CCC)c1ccc(/C=N\NC(=O)[C@H]2COc3ccccc3O2)cc1. The number of carbonyl (C=O) groups excluding carboxylic acids is 1. The summed E-state index contributed by atoms with van der Waals surface area (Å²) in [5.41, 5.74) is 4.65. The first kappa shape index (κ1) is 19.7. The molecule has 28 heavy (non-hydrogen) atoms. The summed E-state index contributed by atoms with van der Waals surface area (Å²) in [5, 5.41) is 4.05. The Bertz CT molecular complexity index is 799. The van der Waals surface area contributed by atoms with Gasteiger partial charge in [0, 0.05) is 18.8 Å². The number of fused-ring (bicyclic) bond motifs is 1. The van der Waals surface area contributed by atoms with Crippen molar-refractivity contribution in [3.05, 3.63) is 54.1 Å². The zero-order chi connectivity index (χ0) is 19.8. The van der Waals surface area contributed by atoms with Crippen molar-refractivity contribution in [2.75, 3.05) is 24.6 Å². The molecule has 148 valence electrons. The van der Waals surface area contributed by atoms with Gasteiger partial charge in [-0.15, -0.1) is 0 Å². The van der Waals surface area contributed by atoms with E-state index in [0.717, 1.165) is 31.5 Å². The van der Waals surface area contributed by atoms with E-state index < -0.39 is 6.10 Å². The molecule has 0 aromatic heterocycles. The molecule has 0 fully saturated rings. The van der Waals surface area contributed by atoms with Crippen molar-refractivity contribution in [2.24, 2.45) is 5.10 Å². The number of anilines is 1. The Balaban J connectivity index is 1.54. The summed E-state index contributed by atoms with van der Waals surface area (Å²) in [4.78, 5) is 14.6. The molecule has 1 amide bonds.